The van der Waals surface area contributed by atoms with Gasteiger partial charge in [-0.1, -0.05) is 11.6 Å². The Bertz CT molecular complexity index is 352. The van der Waals surface area contributed by atoms with Crippen molar-refractivity contribution in [2.45, 2.75) is 19.4 Å². The molecule has 0 aromatic heterocycles. The molecular weight excluding hydrogens is 232 g/mol. The van der Waals surface area contributed by atoms with Gasteiger partial charge in [0.25, 0.3) is 0 Å². The molecule has 0 radical (unpaired) electrons. The molecule has 0 aliphatic carbocycles. The fourth-order valence-electron chi connectivity index (χ4n) is 1.70. The van der Waals surface area contributed by atoms with E-state index in [0.717, 1.165) is 17.5 Å². The Morgan fingerprint density at radius 1 is 1.22 bits per heavy atom. The first-order valence-electron chi connectivity index (χ1n) is 6.08. The van der Waals surface area contributed by atoms with E-state index < -0.39 is 6.10 Å². The van der Waals surface area contributed by atoms with Gasteiger partial charge < -0.3 is 19.3 Å². The molecule has 0 fully saturated rings. The van der Waals surface area contributed by atoms with Crippen molar-refractivity contribution in [1.82, 2.24) is 0 Å². The van der Waals surface area contributed by atoms with Crippen LogP contribution in [0.4, 0.5) is 0 Å². The zero-order valence-corrected chi connectivity index (χ0v) is 11.3. The highest BCUT2D eigenvalue weighted by Gasteiger charge is 2.13. The summed E-state index contributed by atoms with van der Waals surface area (Å²) >= 11 is 0. The minimum Gasteiger partial charge on any atom is -0.496 e. The zero-order chi connectivity index (χ0) is 13.4. The zero-order valence-electron chi connectivity index (χ0n) is 11.3. The summed E-state index contributed by atoms with van der Waals surface area (Å²) in [6.07, 6.45) is 0.163. The van der Waals surface area contributed by atoms with E-state index in [1.807, 2.05) is 25.1 Å². The summed E-state index contributed by atoms with van der Waals surface area (Å²) in [6, 6.07) is 5.73. The Kier molecular flexibility index (Phi) is 6.72. The number of benzene rings is 1. The van der Waals surface area contributed by atoms with E-state index in [4.69, 9.17) is 14.2 Å². The lowest BCUT2D eigenvalue weighted by Crippen LogP contribution is -2.10. The summed E-state index contributed by atoms with van der Waals surface area (Å²) in [7, 11) is 3.26. The van der Waals surface area contributed by atoms with Gasteiger partial charge in [0.15, 0.2) is 0 Å². The summed E-state index contributed by atoms with van der Waals surface area (Å²) < 4.78 is 15.6. The molecule has 102 valence electrons. The summed E-state index contributed by atoms with van der Waals surface area (Å²) in [5.41, 5.74) is 1.86. The van der Waals surface area contributed by atoms with E-state index in [-0.39, 0.29) is 6.61 Å². The van der Waals surface area contributed by atoms with E-state index in [2.05, 4.69) is 0 Å². The minimum atomic E-state index is -0.664. The van der Waals surface area contributed by atoms with Crippen LogP contribution >= 0.6 is 0 Å². The number of ether oxygens (including phenoxy) is 3. The topological polar surface area (TPSA) is 47.9 Å². The number of methoxy groups -OCH3 is 2. The first-order valence-corrected chi connectivity index (χ1v) is 6.08. The molecule has 0 saturated heterocycles. The van der Waals surface area contributed by atoms with Gasteiger partial charge in [-0.2, -0.15) is 0 Å². The highest BCUT2D eigenvalue weighted by atomic mass is 16.5. The molecule has 0 heterocycles. The molecule has 1 aromatic carbocycles. The predicted molar refractivity (Wildman–Crippen MR) is 70.0 cm³/mol. The maximum atomic E-state index is 10.1. The van der Waals surface area contributed by atoms with Crippen molar-refractivity contribution in [2.75, 3.05) is 34.0 Å². The average Bonchev–Trinajstić information content (AvgIpc) is 2.38. The standard InChI is InChI=1S/C14H22O4/c1-11-5-6-14(17-3)12(9-11)13(15)10-18-8-4-7-16-2/h5-6,9,13,15H,4,7-8,10H2,1-3H3. The minimum absolute atomic E-state index is 0.267. The van der Waals surface area contributed by atoms with Crippen LogP contribution in [0.2, 0.25) is 0 Å². The molecule has 1 rings (SSSR count). The van der Waals surface area contributed by atoms with Gasteiger partial charge in [0.2, 0.25) is 0 Å². The van der Waals surface area contributed by atoms with E-state index in [0.29, 0.717) is 19.0 Å². The molecule has 0 amide bonds. The third-order valence-corrected chi connectivity index (χ3v) is 2.66. The Labute approximate surface area is 108 Å². The van der Waals surface area contributed by atoms with Gasteiger partial charge in [-0.3, -0.25) is 0 Å². The SMILES string of the molecule is COCCCOCC(O)c1cc(C)ccc1OC. The molecule has 4 heteroatoms. The van der Waals surface area contributed by atoms with Crippen molar-refractivity contribution < 1.29 is 19.3 Å². The number of hydrogen-bond acceptors (Lipinski definition) is 4. The normalized spacial score (nSPS) is 12.4. The third-order valence-electron chi connectivity index (χ3n) is 2.66. The molecule has 0 spiro atoms. The molecule has 1 unspecified atom stereocenters. The third kappa shape index (κ3) is 4.64. The Balaban J connectivity index is 2.49. The molecule has 4 nitrogen and oxygen atoms in total. The second-order valence-electron chi connectivity index (χ2n) is 4.18. The number of hydrogen-bond donors (Lipinski definition) is 1. The first-order chi connectivity index (χ1) is 8.69. The van der Waals surface area contributed by atoms with Crippen LogP contribution in [0.1, 0.15) is 23.7 Å². The molecule has 0 saturated carbocycles. The maximum Gasteiger partial charge on any atom is 0.124 e. The quantitative estimate of drug-likeness (QED) is 0.722. The average molecular weight is 254 g/mol. The highest BCUT2D eigenvalue weighted by molar-refractivity contribution is 5.38. The molecule has 0 aliphatic heterocycles. The Morgan fingerprint density at radius 3 is 2.67 bits per heavy atom. The Morgan fingerprint density at radius 2 is 2.00 bits per heavy atom. The van der Waals surface area contributed by atoms with E-state index in [1.54, 1.807) is 14.2 Å². The summed E-state index contributed by atoms with van der Waals surface area (Å²) in [4.78, 5) is 0. The summed E-state index contributed by atoms with van der Waals surface area (Å²) in [6.45, 7) is 3.50. The van der Waals surface area contributed by atoms with Crippen molar-refractivity contribution in [3.8, 4) is 5.75 Å². The van der Waals surface area contributed by atoms with Crippen LogP contribution in [0.15, 0.2) is 18.2 Å². The maximum absolute atomic E-state index is 10.1. The van der Waals surface area contributed by atoms with Crippen LogP contribution in [-0.4, -0.2) is 39.1 Å². The molecule has 1 aromatic rings. The number of aryl methyl sites for hydroxylation is 1. The monoisotopic (exact) mass is 254 g/mol. The molecule has 0 aliphatic rings. The smallest absolute Gasteiger partial charge is 0.124 e. The molecule has 1 N–H and O–H groups in total. The van der Waals surface area contributed by atoms with Gasteiger partial charge in [0.1, 0.15) is 11.9 Å². The van der Waals surface area contributed by atoms with Gasteiger partial charge >= 0.3 is 0 Å². The Hall–Kier alpha value is -1.10. The first kappa shape index (κ1) is 15.0. The summed E-state index contributed by atoms with van der Waals surface area (Å²) in [5, 5.41) is 10.1. The van der Waals surface area contributed by atoms with Crippen LogP contribution < -0.4 is 4.74 Å². The van der Waals surface area contributed by atoms with Crippen LogP contribution in [0.25, 0.3) is 0 Å². The second kappa shape index (κ2) is 8.08. The lowest BCUT2D eigenvalue weighted by atomic mass is 10.1. The largest absolute Gasteiger partial charge is 0.496 e. The molecule has 18 heavy (non-hydrogen) atoms. The number of rotatable bonds is 8. The van der Waals surface area contributed by atoms with Crippen molar-refractivity contribution in [1.29, 1.82) is 0 Å². The van der Waals surface area contributed by atoms with Crippen molar-refractivity contribution in [3.63, 3.8) is 0 Å². The summed E-state index contributed by atoms with van der Waals surface area (Å²) in [5.74, 6) is 0.689. The second-order valence-corrected chi connectivity index (χ2v) is 4.18. The lowest BCUT2D eigenvalue weighted by Gasteiger charge is -2.15. The van der Waals surface area contributed by atoms with Gasteiger partial charge in [0, 0.05) is 25.9 Å². The fraction of sp³-hybridized carbons (Fsp3) is 0.571. The number of aliphatic hydroxyl groups excluding tert-OH is 1. The van der Waals surface area contributed by atoms with Crippen LogP contribution in [0, 0.1) is 6.92 Å². The molecule has 0 bridgehead atoms. The van der Waals surface area contributed by atoms with E-state index in [9.17, 15) is 5.11 Å². The van der Waals surface area contributed by atoms with Crippen molar-refractivity contribution in [3.05, 3.63) is 29.3 Å². The van der Waals surface area contributed by atoms with Gasteiger partial charge in [-0.05, 0) is 25.5 Å². The van der Waals surface area contributed by atoms with Crippen molar-refractivity contribution in [2.24, 2.45) is 0 Å². The fourth-order valence-corrected chi connectivity index (χ4v) is 1.70. The van der Waals surface area contributed by atoms with E-state index >= 15 is 0 Å². The van der Waals surface area contributed by atoms with E-state index in [1.165, 1.54) is 0 Å². The predicted octanol–water partition coefficient (Wildman–Crippen LogP) is 2.09. The van der Waals surface area contributed by atoms with Crippen LogP contribution in [-0.2, 0) is 9.47 Å². The van der Waals surface area contributed by atoms with Gasteiger partial charge in [-0.15, -0.1) is 0 Å². The van der Waals surface area contributed by atoms with Gasteiger partial charge in [-0.25, -0.2) is 0 Å². The molecular formula is C14H22O4. The van der Waals surface area contributed by atoms with Gasteiger partial charge in [0.05, 0.1) is 13.7 Å². The highest BCUT2D eigenvalue weighted by Crippen LogP contribution is 2.26. The molecule has 1 atom stereocenters. The number of aliphatic hydroxyl groups is 1. The van der Waals surface area contributed by atoms with Crippen LogP contribution in [0.5, 0.6) is 5.75 Å². The van der Waals surface area contributed by atoms with Crippen molar-refractivity contribution >= 4 is 0 Å². The van der Waals surface area contributed by atoms with Crippen LogP contribution in [0.3, 0.4) is 0 Å². The lowest BCUT2D eigenvalue weighted by molar-refractivity contribution is 0.0269.